The first kappa shape index (κ1) is 17.2. The molecule has 0 unspecified atom stereocenters. The monoisotopic (exact) mass is 418 g/mol. The van der Waals surface area contributed by atoms with Gasteiger partial charge in [-0.15, -0.1) is 0 Å². The average Bonchev–Trinajstić information content (AvgIpc) is 2.59. The van der Waals surface area contributed by atoms with E-state index < -0.39 is 7.26 Å². The van der Waals surface area contributed by atoms with Crippen molar-refractivity contribution in [3.05, 3.63) is 91.0 Å². The Kier molecular flexibility index (Phi) is 6.16. The van der Waals surface area contributed by atoms with Crippen molar-refractivity contribution >= 4 is 23.2 Å². The Morgan fingerprint density at radius 3 is 1.05 bits per heavy atom. The Labute approximate surface area is 151 Å². The average molecular weight is 418 g/mol. The molecule has 0 radical (unpaired) electrons. The van der Waals surface area contributed by atoms with E-state index in [1.54, 1.807) is 0 Å². The summed E-state index contributed by atoms with van der Waals surface area (Å²) >= 11 is 0. The highest BCUT2D eigenvalue weighted by atomic mass is 127. The summed E-state index contributed by atoms with van der Waals surface area (Å²) in [6, 6.07) is 33.0. The van der Waals surface area contributed by atoms with Gasteiger partial charge >= 0.3 is 0 Å². The van der Waals surface area contributed by atoms with E-state index in [1.165, 1.54) is 15.9 Å². The summed E-state index contributed by atoms with van der Waals surface area (Å²) in [4.78, 5) is 0. The molecule has 22 heavy (non-hydrogen) atoms. The van der Waals surface area contributed by atoms with E-state index in [0.717, 1.165) is 6.16 Å². The fourth-order valence-electron chi connectivity index (χ4n) is 3.04. The summed E-state index contributed by atoms with van der Waals surface area (Å²) in [7, 11) is -1.53. The van der Waals surface area contributed by atoms with Gasteiger partial charge in [0.1, 0.15) is 23.2 Å². The number of halogens is 1. The van der Waals surface area contributed by atoms with Gasteiger partial charge < -0.3 is 24.0 Å². The first-order chi connectivity index (χ1) is 10.4. The maximum atomic E-state index is 2.32. The summed E-state index contributed by atoms with van der Waals surface area (Å²) in [5.74, 6) is 0. The number of rotatable bonds is 4. The largest absolute Gasteiger partial charge is 1.00 e. The van der Waals surface area contributed by atoms with Crippen LogP contribution in [0.25, 0.3) is 0 Å². The Morgan fingerprint density at radius 2 is 0.818 bits per heavy atom. The first-order valence-corrected chi connectivity index (χ1v) is 9.40. The lowest BCUT2D eigenvalue weighted by Crippen LogP contribution is -3.00. The highest BCUT2D eigenvalue weighted by Crippen LogP contribution is 2.54. The smallest absolute Gasteiger partial charge is 0.111 e. The van der Waals surface area contributed by atoms with Gasteiger partial charge in [-0.1, -0.05) is 54.6 Å². The zero-order valence-electron chi connectivity index (χ0n) is 12.7. The van der Waals surface area contributed by atoms with Gasteiger partial charge in [-0.25, -0.2) is 0 Å². The van der Waals surface area contributed by atoms with Crippen LogP contribution in [-0.4, -0.2) is 6.16 Å². The Hall–Kier alpha value is -1.18. The first-order valence-electron chi connectivity index (χ1n) is 7.43. The van der Waals surface area contributed by atoms with Crippen LogP contribution < -0.4 is 39.9 Å². The molecule has 0 bridgehead atoms. The number of benzene rings is 3. The second kappa shape index (κ2) is 7.89. The molecule has 0 aliphatic rings. The van der Waals surface area contributed by atoms with Crippen molar-refractivity contribution in [1.29, 1.82) is 0 Å². The van der Waals surface area contributed by atoms with Gasteiger partial charge in [0.05, 0.1) is 6.16 Å². The maximum absolute atomic E-state index is 2.32. The molecule has 0 aliphatic carbocycles. The molecule has 3 aromatic rings. The van der Waals surface area contributed by atoms with Crippen molar-refractivity contribution in [1.82, 2.24) is 0 Å². The van der Waals surface area contributed by atoms with Crippen molar-refractivity contribution in [3.8, 4) is 0 Å². The quantitative estimate of drug-likeness (QED) is 0.439. The molecule has 0 atom stereocenters. The third-order valence-electron chi connectivity index (χ3n) is 4.07. The number of hydrogen-bond donors (Lipinski definition) is 0. The molecule has 0 N–H and O–H groups in total. The minimum atomic E-state index is -1.53. The zero-order valence-corrected chi connectivity index (χ0v) is 15.7. The van der Waals surface area contributed by atoms with E-state index in [9.17, 15) is 0 Å². The lowest BCUT2D eigenvalue weighted by molar-refractivity contribution is -0.00000409. The van der Waals surface area contributed by atoms with E-state index in [1.807, 2.05) is 0 Å². The molecule has 0 aliphatic heterocycles. The van der Waals surface area contributed by atoms with Crippen molar-refractivity contribution in [2.75, 3.05) is 6.16 Å². The molecule has 0 aromatic heterocycles. The summed E-state index contributed by atoms with van der Waals surface area (Å²) in [6.45, 7) is 2.32. The van der Waals surface area contributed by atoms with Crippen molar-refractivity contribution in [3.63, 3.8) is 0 Å². The van der Waals surface area contributed by atoms with Gasteiger partial charge in [-0.05, 0) is 43.3 Å². The minimum absolute atomic E-state index is 0. The zero-order chi connectivity index (χ0) is 14.5. The van der Waals surface area contributed by atoms with Crippen molar-refractivity contribution in [2.24, 2.45) is 0 Å². The molecular weight excluding hydrogens is 398 g/mol. The fourth-order valence-corrected chi connectivity index (χ4v) is 7.08. The lowest BCUT2D eigenvalue weighted by Gasteiger charge is -2.26. The van der Waals surface area contributed by atoms with E-state index in [4.69, 9.17) is 0 Å². The Balaban J connectivity index is 0.00000176. The molecule has 0 saturated carbocycles. The topological polar surface area (TPSA) is 0 Å². The van der Waals surface area contributed by atoms with Crippen LogP contribution in [0.5, 0.6) is 0 Å². The summed E-state index contributed by atoms with van der Waals surface area (Å²) in [5.41, 5.74) is 0. The molecule has 0 nitrogen and oxygen atoms in total. The van der Waals surface area contributed by atoms with Crippen LogP contribution in [0.4, 0.5) is 0 Å². The van der Waals surface area contributed by atoms with Crippen LogP contribution in [0.1, 0.15) is 6.92 Å². The van der Waals surface area contributed by atoms with E-state index in [-0.39, 0.29) is 24.0 Å². The highest BCUT2D eigenvalue weighted by Gasteiger charge is 2.43. The van der Waals surface area contributed by atoms with Gasteiger partial charge in [0.15, 0.2) is 0 Å². The third kappa shape index (κ3) is 3.11. The third-order valence-corrected chi connectivity index (χ3v) is 8.55. The second-order valence-corrected chi connectivity index (χ2v) is 8.93. The van der Waals surface area contributed by atoms with Gasteiger partial charge in [0.2, 0.25) is 0 Å². The predicted octanol–water partition coefficient (Wildman–Crippen LogP) is 1.00. The highest BCUT2D eigenvalue weighted by molar-refractivity contribution is 7.95. The Morgan fingerprint density at radius 1 is 0.545 bits per heavy atom. The van der Waals surface area contributed by atoms with Crippen LogP contribution in [0.2, 0.25) is 0 Å². The molecule has 3 rings (SSSR count). The molecule has 0 amide bonds. The number of hydrogen-bond acceptors (Lipinski definition) is 0. The van der Waals surface area contributed by atoms with E-state index >= 15 is 0 Å². The molecule has 0 fully saturated rings. The van der Waals surface area contributed by atoms with Crippen LogP contribution in [0, 0.1) is 0 Å². The Bertz CT molecular complexity index is 584. The van der Waals surface area contributed by atoms with Gasteiger partial charge in [-0.3, -0.25) is 0 Å². The van der Waals surface area contributed by atoms with Crippen molar-refractivity contribution < 1.29 is 24.0 Å². The van der Waals surface area contributed by atoms with Crippen molar-refractivity contribution in [2.45, 2.75) is 6.92 Å². The van der Waals surface area contributed by atoms with Gasteiger partial charge in [0.25, 0.3) is 0 Å². The van der Waals surface area contributed by atoms with Crippen LogP contribution in [-0.2, 0) is 0 Å². The lowest BCUT2D eigenvalue weighted by atomic mass is 10.4. The normalized spacial score (nSPS) is 10.8. The summed E-state index contributed by atoms with van der Waals surface area (Å²) in [6.07, 6.45) is 1.14. The van der Waals surface area contributed by atoms with Crippen LogP contribution in [0.3, 0.4) is 0 Å². The second-order valence-electron chi connectivity index (χ2n) is 5.13. The molecular formula is C20H20IP. The van der Waals surface area contributed by atoms with Gasteiger partial charge in [-0.2, -0.15) is 0 Å². The van der Waals surface area contributed by atoms with E-state index in [0.29, 0.717) is 0 Å². The molecule has 0 saturated heterocycles. The van der Waals surface area contributed by atoms with Gasteiger partial charge in [0, 0.05) is 0 Å². The molecule has 0 heterocycles. The predicted molar refractivity (Wildman–Crippen MR) is 95.7 cm³/mol. The standard InChI is InChI=1S/C20H20P.HI/c1-2-21(18-12-6-3-7-13-18,19-14-8-4-9-15-19)20-16-10-5-11-17-20;/h3-17H,2H2,1H3;1H/q+1;/p-1. The molecule has 0 spiro atoms. The fraction of sp³-hybridized carbons (Fsp3) is 0.100. The SMILES string of the molecule is CC[P+](c1ccccc1)(c1ccccc1)c1ccccc1.[I-]. The summed E-state index contributed by atoms with van der Waals surface area (Å²) < 4.78 is 0. The minimum Gasteiger partial charge on any atom is -1.00 e. The van der Waals surface area contributed by atoms with E-state index in [2.05, 4.69) is 97.9 Å². The molecule has 3 aromatic carbocycles. The maximum Gasteiger partial charge on any atom is 0.111 e. The van der Waals surface area contributed by atoms with Crippen LogP contribution in [0.15, 0.2) is 91.0 Å². The molecule has 112 valence electrons. The molecule has 2 heteroatoms. The summed E-state index contributed by atoms with van der Waals surface area (Å²) in [5, 5.41) is 4.39. The van der Waals surface area contributed by atoms with Crippen LogP contribution >= 0.6 is 7.26 Å².